The maximum Gasteiger partial charge on any atom is 0.151 e. The normalized spacial score (nSPS) is 28.1. The minimum Gasteiger partial charge on any atom is -0.383 e. The van der Waals surface area contributed by atoms with Crippen molar-refractivity contribution in [2.24, 2.45) is 0 Å². The molecular formula is C9H19NO3S. The summed E-state index contributed by atoms with van der Waals surface area (Å²) < 4.78 is 27.7. The quantitative estimate of drug-likeness (QED) is 0.673. The first-order valence-corrected chi connectivity index (χ1v) is 6.92. The van der Waals surface area contributed by atoms with E-state index in [0.717, 1.165) is 25.8 Å². The van der Waals surface area contributed by atoms with Crippen molar-refractivity contribution in [1.82, 2.24) is 5.32 Å². The molecule has 1 N–H and O–H groups in total. The number of hydrogen-bond donors (Lipinski definition) is 1. The van der Waals surface area contributed by atoms with Gasteiger partial charge in [0.15, 0.2) is 9.84 Å². The van der Waals surface area contributed by atoms with Crippen LogP contribution in [0.15, 0.2) is 0 Å². The highest BCUT2D eigenvalue weighted by Gasteiger charge is 2.33. The van der Waals surface area contributed by atoms with E-state index in [1.165, 1.54) is 6.26 Å². The van der Waals surface area contributed by atoms with Crippen molar-refractivity contribution >= 4 is 9.84 Å². The van der Waals surface area contributed by atoms with Gasteiger partial charge in [0.25, 0.3) is 0 Å². The Morgan fingerprint density at radius 1 is 1.43 bits per heavy atom. The molecule has 14 heavy (non-hydrogen) atoms. The third-order valence-corrected chi connectivity index (χ3v) is 4.38. The van der Waals surface area contributed by atoms with Gasteiger partial charge in [-0.15, -0.1) is 0 Å². The Morgan fingerprint density at radius 3 is 2.71 bits per heavy atom. The molecule has 0 aliphatic heterocycles. The van der Waals surface area contributed by atoms with Crippen LogP contribution in [-0.4, -0.2) is 46.2 Å². The molecule has 0 saturated heterocycles. The zero-order valence-corrected chi connectivity index (χ0v) is 9.64. The van der Waals surface area contributed by atoms with Gasteiger partial charge in [0.1, 0.15) is 0 Å². The van der Waals surface area contributed by atoms with Crippen molar-refractivity contribution in [2.45, 2.75) is 30.6 Å². The van der Waals surface area contributed by atoms with E-state index >= 15 is 0 Å². The smallest absolute Gasteiger partial charge is 0.151 e. The lowest BCUT2D eigenvalue weighted by Gasteiger charge is -2.19. The molecule has 1 aliphatic rings. The van der Waals surface area contributed by atoms with Crippen LogP contribution < -0.4 is 5.32 Å². The molecule has 0 spiro atoms. The maximum absolute atomic E-state index is 11.4. The molecule has 5 heteroatoms. The van der Waals surface area contributed by atoms with Crippen LogP contribution in [0.3, 0.4) is 0 Å². The van der Waals surface area contributed by atoms with Gasteiger partial charge in [-0.2, -0.15) is 0 Å². The average molecular weight is 221 g/mol. The van der Waals surface area contributed by atoms with Gasteiger partial charge < -0.3 is 10.1 Å². The number of sulfone groups is 1. The highest BCUT2D eigenvalue weighted by atomic mass is 32.2. The second kappa shape index (κ2) is 5.09. The fraction of sp³-hybridized carbons (Fsp3) is 1.00. The molecule has 0 amide bonds. The van der Waals surface area contributed by atoms with Gasteiger partial charge in [-0.05, 0) is 12.8 Å². The van der Waals surface area contributed by atoms with Crippen LogP contribution in [0.25, 0.3) is 0 Å². The van der Waals surface area contributed by atoms with E-state index in [4.69, 9.17) is 4.74 Å². The molecule has 1 rings (SSSR count). The molecule has 2 unspecified atom stereocenters. The summed E-state index contributed by atoms with van der Waals surface area (Å²) in [4.78, 5) is 0. The summed E-state index contributed by atoms with van der Waals surface area (Å²) in [7, 11) is -1.25. The van der Waals surface area contributed by atoms with Crippen molar-refractivity contribution in [3.8, 4) is 0 Å². The summed E-state index contributed by atoms with van der Waals surface area (Å²) >= 11 is 0. The van der Waals surface area contributed by atoms with Crippen LogP contribution in [0.5, 0.6) is 0 Å². The Kier molecular flexibility index (Phi) is 4.34. The van der Waals surface area contributed by atoms with Crippen LogP contribution in [0.4, 0.5) is 0 Å². The van der Waals surface area contributed by atoms with Crippen LogP contribution in [0.1, 0.15) is 19.3 Å². The van der Waals surface area contributed by atoms with E-state index < -0.39 is 9.84 Å². The molecule has 4 nitrogen and oxygen atoms in total. The first-order valence-electron chi connectivity index (χ1n) is 4.97. The Morgan fingerprint density at radius 2 is 2.14 bits per heavy atom. The third-order valence-electron chi connectivity index (χ3n) is 2.72. The van der Waals surface area contributed by atoms with E-state index in [-0.39, 0.29) is 11.3 Å². The standard InChI is InChI=1S/C9H19NO3S/c1-13-7-6-10-8-4-3-5-9(8)14(2,11)12/h8-10H,3-7H2,1-2H3. The van der Waals surface area contributed by atoms with Crippen molar-refractivity contribution in [3.63, 3.8) is 0 Å². The summed E-state index contributed by atoms with van der Waals surface area (Å²) in [6, 6.07) is 0.125. The number of rotatable bonds is 5. The van der Waals surface area contributed by atoms with Gasteiger partial charge in [0, 0.05) is 26.0 Å². The Balaban J connectivity index is 2.44. The minimum absolute atomic E-state index is 0.125. The Bertz CT molecular complexity index is 263. The number of ether oxygens (including phenoxy) is 1. The molecule has 1 fully saturated rings. The summed E-state index contributed by atoms with van der Waals surface area (Å²) in [5.41, 5.74) is 0. The van der Waals surface area contributed by atoms with Crippen molar-refractivity contribution in [1.29, 1.82) is 0 Å². The first kappa shape index (κ1) is 11.9. The summed E-state index contributed by atoms with van der Waals surface area (Å²) in [5, 5.41) is 3.04. The van der Waals surface area contributed by atoms with E-state index in [9.17, 15) is 8.42 Å². The van der Waals surface area contributed by atoms with Crippen LogP contribution in [0, 0.1) is 0 Å². The van der Waals surface area contributed by atoms with Crippen molar-refractivity contribution < 1.29 is 13.2 Å². The first-order chi connectivity index (χ1) is 6.55. The summed E-state index contributed by atoms with van der Waals surface area (Å²) in [6.45, 7) is 1.36. The predicted molar refractivity (Wildman–Crippen MR) is 56.1 cm³/mol. The van der Waals surface area contributed by atoms with Crippen LogP contribution in [-0.2, 0) is 14.6 Å². The molecule has 0 aromatic carbocycles. The van der Waals surface area contributed by atoms with E-state index in [1.807, 2.05) is 0 Å². The molecule has 0 heterocycles. The molecule has 0 bridgehead atoms. The Hall–Kier alpha value is -0.130. The Labute approximate surface area is 85.9 Å². The molecule has 1 saturated carbocycles. The molecular weight excluding hydrogens is 202 g/mol. The van der Waals surface area contributed by atoms with Crippen LogP contribution >= 0.6 is 0 Å². The fourth-order valence-electron chi connectivity index (χ4n) is 2.02. The summed E-state index contributed by atoms with van der Waals surface area (Å²) in [6.07, 6.45) is 4.08. The van der Waals surface area contributed by atoms with Gasteiger partial charge in [0.05, 0.1) is 11.9 Å². The average Bonchev–Trinajstić information content (AvgIpc) is 2.52. The lowest BCUT2D eigenvalue weighted by Crippen LogP contribution is -2.41. The van der Waals surface area contributed by atoms with E-state index in [1.54, 1.807) is 7.11 Å². The van der Waals surface area contributed by atoms with E-state index in [2.05, 4.69) is 5.32 Å². The second-order valence-electron chi connectivity index (χ2n) is 3.85. The molecule has 1 aliphatic carbocycles. The SMILES string of the molecule is COCCNC1CCCC1S(C)(=O)=O. The lowest BCUT2D eigenvalue weighted by molar-refractivity contribution is 0.196. The molecule has 0 aromatic rings. The van der Waals surface area contributed by atoms with Gasteiger partial charge >= 0.3 is 0 Å². The molecule has 2 atom stereocenters. The molecule has 84 valence electrons. The number of nitrogens with one attached hydrogen (secondary N) is 1. The number of methoxy groups -OCH3 is 1. The predicted octanol–water partition coefficient (Wildman–Crippen LogP) is 0.188. The van der Waals surface area contributed by atoms with Gasteiger partial charge in [-0.1, -0.05) is 6.42 Å². The van der Waals surface area contributed by atoms with Gasteiger partial charge in [0.2, 0.25) is 0 Å². The maximum atomic E-state index is 11.4. The third kappa shape index (κ3) is 3.22. The van der Waals surface area contributed by atoms with Crippen molar-refractivity contribution in [3.05, 3.63) is 0 Å². The highest BCUT2D eigenvalue weighted by molar-refractivity contribution is 7.91. The van der Waals surface area contributed by atoms with E-state index in [0.29, 0.717) is 6.61 Å². The largest absolute Gasteiger partial charge is 0.383 e. The fourth-order valence-corrected chi connectivity index (χ4v) is 3.44. The van der Waals surface area contributed by atoms with Crippen LogP contribution in [0.2, 0.25) is 0 Å². The minimum atomic E-state index is -2.89. The zero-order chi connectivity index (χ0) is 10.6. The topological polar surface area (TPSA) is 55.4 Å². The van der Waals surface area contributed by atoms with Gasteiger partial charge in [-0.25, -0.2) is 8.42 Å². The zero-order valence-electron chi connectivity index (χ0n) is 8.82. The monoisotopic (exact) mass is 221 g/mol. The second-order valence-corrected chi connectivity index (χ2v) is 6.12. The molecule has 0 radical (unpaired) electrons. The molecule has 0 aromatic heterocycles. The highest BCUT2D eigenvalue weighted by Crippen LogP contribution is 2.24. The number of hydrogen-bond acceptors (Lipinski definition) is 4. The summed E-state index contributed by atoms with van der Waals surface area (Å²) in [5.74, 6) is 0. The lowest BCUT2D eigenvalue weighted by atomic mass is 10.2. The van der Waals surface area contributed by atoms with Crippen molar-refractivity contribution in [2.75, 3.05) is 26.5 Å². The van der Waals surface area contributed by atoms with Gasteiger partial charge in [-0.3, -0.25) is 0 Å².